The van der Waals surface area contributed by atoms with Gasteiger partial charge in [0.1, 0.15) is 12.6 Å². The lowest BCUT2D eigenvalue weighted by atomic mass is 9.92. The maximum Gasteiger partial charge on any atom is 0.106 e. The summed E-state index contributed by atoms with van der Waals surface area (Å²) >= 11 is 0. The van der Waals surface area contributed by atoms with E-state index in [1.165, 1.54) is 11.4 Å². The molecule has 0 aliphatic carbocycles. The maximum atomic E-state index is 9.69. The van der Waals surface area contributed by atoms with E-state index >= 15 is 0 Å². The first-order valence-electron chi connectivity index (χ1n) is 4.94. The van der Waals surface area contributed by atoms with E-state index in [9.17, 15) is 5.11 Å². The molecule has 1 heterocycles. The minimum atomic E-state index is -0.0898. The molecule has 0 bridgehead atoms. The molecule has 2 N–H and O–H groups in total. The van der Waals surface area contributed by atoms with Gasteiger partial charge in [-0.15, -0.1) is 0 Å². The number of aliphatic hydroxyl groups excluding tert-OH is 1. The predicted molar refractivity (Wildman–Crippen MR) is 50.2 cm³/mol. The molecule has 1 saturated heterocycles. The Kier molecular flexibility index (Phi) is 2.79. The minimum absolute atomic E-state index is 0.0898. The molecule has 2 nitrogen and oxygen atoms in total. The highest BCUT2D eigenvalue weighted by molar-refractivity contribution is 4.70. The monoisotopic (exact) mass is 172 g/mol. The molecule has 0 saturated carbocycles. The van der Waals surface area contributed by atoms with E-state index in [1.54, 1.807) is 0 Å². The van der Waals surface area contributed by atoms with Crippen molar-refractivity contribution < 1.29 is 10.0 Å². The highest BCUT2D eigenvalue weighted by Gasteiger charge is 2.33. The molecule has 1 unspecified atom stereocenters. The molecule has 1 aliphatic heterocycles. The van der Waals surface area contributed by atoms with Gasteiger partial charge in [-0.25, -0.2) is 0 Å². The number of likely N-dealkylation sites (tertiary alicyclic amines) is 1. The average molecular weight is 172 g/mol. The number of hydrogen-bond acceptors (Lipinski definition) is 1. The van der Waals surface area contributed by atoms with Crippen LogP contribution in [0.4, 0.5) is 0 Å². The van der Waals surface area contributed by atoms with Crippen molar-refractivity contribution in [2.24, 2.45) is 5.92 Å². The van der Waals surface area contributed by atoms with Crippen LogP contribution in [0, 0.1) is 5.92 Å². The zero-order chi connectivity index (χ0) is 9.35. The minimum Gasteiger partial charge on any atom is -0.387 e. The molecule has 0 aromatic rings. The number of quaternary nitrogens is 1. The molecule has 72 valence electrons. The number of nitrogens with one attached hydrogen (secondary N) is 1. The molecule has 0 radical (unpaired) electrons. The molecular weight excluding hydrogens is 150 g/mol. The molecular formula is C10H22NO+. The van der Waals surface area contributed by atoms with Crippen LogP contribution in [0.15, 0.2) is 0 Å². The van der Waals surface area contributed by atoms with Crippen LogP contribution in [-0.4, -0.2) is 29.8 Å². The van der Waals surface area contributed by atoms with E-state index in [4.69, 9.17) is 0 Å². The van der Waals surface area contributed by atoms with Gasteiger partial charge in [0, 0.05) is 6.42 Å². The van der Waals surface area contributed by atoms with Gasteiger partial charge >= 0.3 is 0 Å². The Morgan fingerprint density at radius 1 is 1.33 bits per heavy atom. The van der Waals surface area contributed by atoms with Gasteiger partial charge in [0.05, 0.1) is 12.1 Å². The number of rotatable bonds is 0. The van der Waals surface area contributed by atoms with E-state index in [-0.39, 0.29) is 6.10 Å². The molecule has 12 heavy (non-hydrogen) atoms. The summed E-state index contributed by atoms with van der Waals surface area (Å²) in [5.41, 5.74) is 0.293. The summed E-state index contributed by atoms with van der Waals surface area (Å²) in [7, 11) is 0. The molecule has 0 amide bonds. The van der Waals surface area contributed by atoms with Crippen molar-refractivity contribution >= 4 is 0 Å². The molecule has 1 fully saturated rings. The van der Waals surface area contributed by atoms with E-state index in [2.05, 4.69) is 27.7 Å². The topological polar surface area (TPSA) is 24.7 Å². The van der Waals surface area contributed by atoms with Crippen LogP contribution in [0.2, 0.25) is 0 Å². The Morgan fingerprint density at radius 3 is 2.33 bits per heavy atom. The van der Waals surface area contributed by atoms with Crippen molar-refractivity contribution in [1.29, 1.82) is 0 Å². The number of aliphatic hydroxyl groups is 1. The fourth-order valence-electron chi connectivity index (χ4n) is 1.83. The van der Waals surface area contributed by atoms with Crippen molar-refractivity contribution in [1.82, 2.24) is 0 Å². The van der Waals surface area contributed by atoms with Crippen LogP contribution in [0.1, 0.15) is 34.1 Å². The normalized spacial score (nSPS) is 38.2. The van der Waals surface area contributed by atoms with Crippen LogP contribution in [0.5, 0.6) is 0 Å². The Bertz CT molecular complexity index is 150. The summed E-state index contributed by atoms with van der Waals surface area (Å²) in [6, 6.07) is 0. The molecule has 0 aromatic heterocycles. The van der Waals surface area contributed by atoms with E-state index in [0.717, 1.165) is 13.0 Å². The summed E-state index contributed by atoms with van der Waals surface area (Å²) in [6.45, 7) is 11.0. The van der Waals surface area contributed by atoms with Crippen LogP contribution < -0.4 is 4.90 Å². The van der Waals surface area contributed by atoms with Crippen molar-refractivity contribution in [3.63, 3.8) is 0 Å². The van der Waals surface area contributed by atoms with Gasteiger partial charge in [-0.05, 0) is 26.7 Å². The van der Waals surface area contributed by atoms with E-state index in [0.29, 0.717) is 11.5 Å². The van der Waals surface area contributed by atoms with Gasteiger partial charge in [-0.1, -0.05) is 6.92 Å². The molecule has 1 rings (SSSR count). The van der Waals surface area contributed by atoms with Crippen molar-refractivity contribution in [2.75, 3.05) is 13.1 Å². The Labute approximate surface area is 75.6 Å². The lowest BCUT2D eigenvalue weighted by molar-refractivity contribution is -0.955. The highest BCUT2D eigenvalue weighted by Crippen LogP contribution is 2.10. The standard InChI is InChI=1S/C10H21NO/c1-8-5-6-11(7-9(8)12)10(2,3)4/h8-9,12H,5-7H2,1-4H3/p+1/t8-,9+/m1/s1. The van der Waals surface area contributed by atoms with Gasteiger partial charge in [0.2, 0.25) is 0 Å². The van der Waals surface area contributed by atoms with Gasteiger partial charge in [-0.2, -0.15) is 0 Å². The van der Waals surface area contributed by atoms with E-state index < -0.39 is 0 Å². The molecule has 0 spiro atoms. The lowest BCUT2D eigenvalue weighted by Gasteiger charge is -2.39. The maximum absolute atomic E-state index is 9.69. The van der Waals surface area contributed by atoms with Gasteiger partial charge in [-0.3, -0.25) is 0 Å². The first-order chi connectivity index (χ1) is 5.41. The zero-order valence-corrected chi connectivity index (χ0v) is 8.72. The SMILES string of the molecule is C[C@@H]1CC[NH+](C(C)(C)C)C[C@@H]1O. The van der Waals surface area contributed by atoms with Crippen LogP contribution in [0.3, 0.4) is 0 Å². The molecule has 3 atom stereocenters. The molecule has 0 aromatic carbocycles. The third-order valence-electron chi connectivity index (χ3n) is 3.07. The van der Waals surface area contributed by atoms with Crippen LogP contribution in [-0.2, 0) is 0 Å². The van der Waals surface area contributed by atoms with Gasteiger partial charge in [0.15, 0.2) is 0 Å². The summed E-state index contributed by atoms with van der Waals surface area (Å²) in [6.07, 6.45) is 1.07. The Balaban J connectivity index is 2.51. The first-order valence-corrected chi connectivity index (χ1v) is 4.94. The third-order valence-corrected chi connectivity index (χ3v) is 3.07. The summed E-state index contributed by atoms with van der Waals surface area (Å²) in [5, 5.41) is 9.69. The van der Waals surface area contributed by atoms with Crippen molar-refractivity contribution in [2.45, 2.75) is 45.8 Å². The van der Waals surface area contributed by atoms with Gasteiger partial charge < -0.3 is 10.0 Å². The van der Waals surface area contributed by atoms with Crippen molar-refractivity contribution in [3.8, 4) is 0 Å². The summed E-state index contributed by atoms with van der Waals surface area (Å²) < 4.78 is 0. The highest BCUT2D eigenvalue weighted by atomic mass is 16.3. The Morgan fingerprint density at radius 2 is 1.92 bits per heavy atom. The number of hydrogen-bond donors (Lipinski definition) is 2. The second-order valence-electron chi connectivity index (χ2n) is 5.14. The Hall–Kier alpha value is -0.0800. The summed E-state index contributed by atoms with van der Waals surface area (Å²) in [4.78, 5) is 1.54. The van der Waals surface area contributed by atoms with Crippen LogP contribution >= 0.6 is 0 Å². The molecule has 1 aliphatic rings. The average Bonchev–Trinajstić information content (AvgIpc) is 1.92. The number of piperidine rings is 1. The van der Waals surface area contributed by atoms with Gasteiger partial charge in [0.25, 0.3) is 0 Å². The largest absolute Gasteiger partial charge is 0.387 e. The van der Waals surface area contributed by atoms with Crippen molar-refractivity contribution in [3.05, 3.63) is 0 Å². The predicted octanol–water partition coefficient (Wildman–Crippen LogP) is 0.0705. The zero-order valence-electron chi connectivity index (χ0n) is 8.72. The lowest BCUT2D eigenvalue weighted by Crippen LogP contribution is -3.20. The third kappa shape index (κ3) is 2.20. The summed E-state index contributed by atoms with van der Waals surface area (Å²) in [5.74, 6) is 0.496. The smallest absolute Gasteiger partial charge is 0.106 e. The van der Waals surface area contributed by atoms with Crippen LogP contribution in [0.25, 0.3) is 0 Å². The molecule has 2 heteroatoms. The second kappa shape index (κ2) is 3.35. The quantitative estimate of drug-likeness (QED) is 0.531. The second-order valence-corrected chi connectivity index (χ2v) is 5.14. The fraction of sp³-hybridized carbons (Fsp3) is 1.00. The first kappa shape index (κ1) is 10.0. The fourth-order valence-corrected chi connectivity index (χ4v) is 1.83. The van der Waals surface area contributed by atoms with E-state index in [1.807, 2.05) is 0 Å².